The molecule has 3 rings (SSSR count). The highest BCUT2D eigenvalue weighted by atomic mass is 16.5. The van der Waals surface area contributed by atoms with Gasteiger partial charge in [0.05, 0.1) is 31.5 Å². The first-order chi connectivity index (χ1) is 21.4. The van der Waals surface area contributed by atoms with Gasteiger partial charge in [0.1, 0.15) is 0 Å². The molecule has 4 N–H and O–H groups in total. The van der Waals surface area contributed by atoms with Crippen molar-refractivity contribution in [2.75, 3.05) is 14.2 Å². The summed E-state index contributed by atoms with van der Waals surface area (Å²) < 4.78 is 9.79. The molecule has 0 bridgehead atoms. The predicted octanol–water partition coefficient (Wildman–Crippen LogP) is 2.99. The number of methoxy groups -OCH3 is 2. The van der Waals surface area contributed by atoms with Crippen LogP contribution in [0.2, 0.25) is 0 Å². The Morgan fingerprint density at radius 1 is 0.933 bits per heavy atom. The van der Waals surface area contributed by atoms with Gasteiger partial charge in [0.15, 0.2) is 0 Å². The smallest absolute Gasteiger partial charge is 0.305 e. The van der Waals surface area contributed by atoms with E-state index >= 15 is 0 Å². The molecule has 10 nitrogen and oxygen atoms in total. The van der Waals surface area contributed by atoms with E-state index in [1.807, 2.05) is 53.7 Å². The number of esters is 2. The van der Waals surface area contributed by atoms with Gasteiger partial charge in [-0.05, 0) is 92.4 Å². The lowest BCUT2D eigenvalue weighted by Crippen LogP contribution is -2.27. The monoisotopic (exact) mass is 616 g/mol. The number of amides is 2. The van der Waals surface area contributed by atoms with Crippen molar-refractivity contribution in [3.63, 3.8) is 0 Å². The van der Waals surface area contributed by atoms with Gasteiger partial charge in [-0.15, -0.1) is 0 Å². The summed E-state index contributed by atoms with van der Waals surface area (Å²) in [4.78, 5) is 59.6. The van der Waals surface area contributed by atoms with Gasteiger partial charge in [0.2, 0.25) is 5.91 Å². The highest BCUT2D eigenvalue weighted by Crippen LogP contribution is 2.23. The van der Waals surface area contributed by atoms with Crippen LogP contribution >= 0.6 is 0 Å². The Morgan fingerprint density at radius 2 is 1.56 bits per heavy atom. The predicted molar refractivity (Wildman–Crippen MR) is 173 cm³/mol. The molecule has 0 spiro atoms. The second-order valence-electron chi connectivity index (χ2n) is 11.2. The molecule has 2 aromatic rings. The summed E-state index contributed by atoms with van der Waals surface area (Å²) in [6, 6.07) is 0. The largest absolute Gasteiger partial charge is 0.469 e. The van der Waals surface area contributed by atoms with E-state index in [-0.39, 0.29) is 48.4 Å². The Balaban J connectivity index is 2.23. The maximum Gasteiger partial charge on any atom is 0.305 e. The average molecular weight is 617 g/mol. The Hall–Kier alpha value is -4.65. The minimum absolute atomic E-state index is 0.177. The zero-order chi connectivity index (χ0) is 33.4. The Kier molecular flexibility index (Phi) is 11.9. The first kappa shape index (κ1) is 34.8. The van der Waals surface area contributed by atoms with Crippen LogP contribution in [0.25, 0.3) is 12.2 Å². The van der Waals surface area contributed by atoms with Crippen LogP contribution in [0.15, 0.2) is 16.1 Å². The summed E-state index contributed by atoms with van der Waals surface area (Å²) in [5.41, 5.74) is 12.8. The molecular formula is C35H44N4O6. The molecule has 2 amide bonds. The summed E-state index contributed by atoms with van der Waals surface area (Å²) in [7, 11) is 2.72. The lowest BCUT2D eigenvalue weighted by molar-refractivity contribution is -0.141. The standard InChI is InChI=1S/C35H44N4O6/c1-9-23(34(36)42)19(3)11-14-27-21(5)25(12-15-32(40)44-7)30(37-27)18-31-26(13-16-33(41)45-8)22(6)28(38-31)17-29-20(4)24(10-2)35(43)39-29/h17-19,23,37-38H,9-10,12-13,15-16H2,1-8H3,(H2,36,42)/b28-17-,31-18-/t19-,23-/m0/s1. The van der Waals surface area contributed by atoms with Crippen LogP contribution in [0.1, 0.15) is 87.0 Å². The molecule has 240 valence electrons. The van der Waals surface area contributed by atoms with Crippen molar-refractivity contribution in [2.24, 2.45) is 22.6 Å². The number of primary amides is 1. The fraction of sp³-hybridized carbons (Fsp3) is 0.457. The van der Waals surface area contributed by atoms with Crippen molar-refractivity contribution in [1.29, 1.82) is 0 Å². The molecule has 3 heterocycles. The van der Waals surface area contributed by atoms with E-state index in [1.165, 1.54) is 14.2 Å². The molecular weight excluding hydrogens is 572 g/mol. The van der Waals surface area contributed by atoms with Gasteiger partial charge in [-0.3, -0.25) is 19.2 Å². The van der Waals surface area contributed by atoms with Gasteiger partial charge in [0, 0.05) is 40.7 Å². The molecule has 2 aromatic heterocycles. The second kappa shape index (κ2) is 15.4. The zero-order valence-electron chi connectivity index (χ0n) is 27.5. The Morgan fingerprint density at radius 3 is 2.09 bits per heavy atom. The number of rotatable bonds is 12. The van der Waals surface area contributed by atoms with E-state index < -0.39 is 0 Å². The fourth-order valence-electron chi connectivity index (χ4n) is 5.66. The minimum atomic E-state index is -0.381. The van der Waals surface area contributed by atoms with Gasteiger partial charge >= 0.3 is 11.9 Å². The maximum atomic E-state index is 12.4. The molecule has 1 aliphatic rings. The number of ether oxygens (including phenoxy) is 2. The fourth-order valence-corrected chi connectivity index (χ4v) is 5.66. The number of aromatic nitrogens is 2. The number of carbonyl (C=O) groups is 4. The number of allylic oxidation sites excluding steroid dienone is 1. The molecule has 0 radical (unpaired) electrons. The number of nitrogens with one attached hydrogen (secondary N) is 2. The molecule has 10 heteroatoms. The van der Waals surface area contributed by atoms with Gasteiger partial charge in [-0.2, -0.15) is 0 Å². The van der Waals surface area contributed by atoms with Crippen LogP contribution in [-0.4, -0.2) is 53.7 Å². The lowest BCUT2D eigenvalue weighted by Gasteiger charge is -2.13. The molecule has 45 heavy (non-hydrogen) atoms. The minimum Gasteiger partial charge on any atom is -0.469 e. The van der Waals surface area contributed by atoms with Crippen molar-refractivity contribution in [3.05, 3.63) is 55.5 Å². The molecule has 0 unspecified atom stereocenters. The van der Waals surface area contributed by atoms with Crippen molar-refractivity contribution in [2.45, 2.75) is 80.1 Å². The second-order valence-corrected chi connectivity index (χ2v) is 11.2. The number of aromatic amines is 2. The molecule has 0 aromatic carbocycles. The van der Waals surface area contributed by atoms with Crippen molar-refractivity contribution in [3.8, 4) is 11.8 Å². The van der Waals surface area contributed by atoms with Gasteiger partial charge in [-0.25, -0.2) is 4.99 Å². The number of carbonyl (C=O) groups excluding carboxylic acids is 4. The van der Waals surface area contributed by atoms with Crippen LogP contribution in [0.3, 0.4) is 0 Å². The molecule has 0 saturated carbocycles. The van der Waals surface area contributed by atoms with E-state index in [0.29, 0.717) is 42.7 Å². The number of nitrogens with two attached hydrogens (primary N) is 1. The average Bonchev–Trinajstić information content (AvgIpc) is 3.57. The SMILES string of the molecule is CCC1=C(C)C(/C=c2\[nH]/c(=C\c3[nH]c(C#C[C@H](C)[C@H](CC)C(N)=O)c(C)c3CCC(=O)OC)c(CCC(=O)OC)c2C)=NC1=O. The molecule has 0 aliphatic carbocycles. The maximum absolute atomic E-state index is 12.4. The number of nitrogens with zero attached hydrogens (tertiary/aromatic N) is 1. The quantitative estimate of drug-likeness (QED) is 0.246. The normalized spacial score (nSPS) is 15.1. The summed E-state index contributed by atoms with van der Waals surface area (Å²) >= 11 is 0. The van der Waals surface area contributed by atoms with Crippen molar-refractivity contribution in [1.82, 2.24) is 9.97 Å². The third kappa shape index (κ3) is 8.09. The zero-order valence-corrected chi connectivity index (χ0v) is 27.5. The van der Waals surface area contributed by atoms with Crippen molar-refractivity contribution >= 4 is 41.6 Å². The summed E-state index contributed by atoms with van der Waals surface area (Å²) in [5, 5.41) is 1.54. The number of hydrogen-bond donors (Lipinski definition) is 3. The van der Waals surface area contributed by atoms with E-state index in [0.717, 1.165) is 44.2 Å². The van der Waals surface area contributed by atoms with Crippen LogP contribution in [0.5, 0.6) is 0 Å². The third-order valence-electron chi connectivity index (χ3n) is 8.55. The highest BCUT2D eigenvalue weighted by molar-refractivity contribution is 6.30. The van der Waals surface area contributed by atoms with Crippen LogP contribution in [0.4, 0.5) is 0 Å². The summed E-state index contributed by atoms with van der Waals surface area (Å²) in [6.45, 7) is 11.5. The highest BCUT2D eigenvalue weighted by Gasteiger charge is 2.22. The third-order valence-corrected chi connectivity index (χ3v) is 8.55. The molecule has 0 fully saturated rings. The van der Waals surface area contributed by atoms with E-state index in [4.69, 9.17) is 15.2 Å². The lowest BCUT2D eigenvalue weighted by atomic mass is 9.91. The van der Waals surface area contributed by atoms with Gasteiger partial charge in [-0.1, -0.05) is 26.7 Å². The number of hydrogen-bond acceptors (Lipinski definition) is 6. The van der Waals surface area contributed by atoms with E-state index in [1.54, 1.807) is 0 Å². The van der Waals surface area contributed by atoms with Crippen LogP contribution in [-0.2, 0) is 41.5 Å². The first-order valence-electron chi connectivity index (χ1n) is 15.3. The molecule has 1 aliphatic heterocycles. The van der Waals surface area contributed by atoms with Crippen LogP contribution in [0, 0.1) is 37.5 Å². The molecule has 0 saturated heterocycles. The van der Waals surface area contributed by atoms with Crippen LogP contribution < -0.4 is 16.4 Å². The molecule has 2 atom stereocenters. The summed E-state index contributed by atoms with van der Waals surface area (Å²) in [5.74, 6) is 4.51. The first-order valence-corrected chi connectivity index (χ1v) is 15.3. The number of aliphatic imine (C=N–C) groups is 1. The van der Waals surface area contributed by atoms with Gasteiger partial charge < -0.3 is 25.2 Å². The van der Waals surface area contributed by atoms with E-state index in [9.17, 15) is 19.2 Å². The van der Waals surface area contributed by atoms with Gasteiger partial charge in [0.25, 0.3) is 5.91 Å². The number of H-pyrrole nitrogens is 2. The van der Waals surface area contributed by atoms with Crippen molar-refractivity contribution < 1.29 is 28.7 Å². The Bertz CT molecular complexity index is 1740. The Labute approximate surface area is 264 Å². The van der Waals surface area contributed by atoms with E-state index in [2.05, 4.69) is 26.8 Å². The summed E-state index contributed by atoms with van der Waals surface area (Å²) in [6.07, 6.45) is 6.20. The topological polar surface area (TPSA) is 157 Å².